The van der Waals surface area contributed by atoms with Crippen LogP contribution in [0.5, 0.6) is 0 Å². The predicted molar refractivity (Wildman–Crippen MR) is 131 cm³/mol. The Labute approximate surface area is 205 Å². The maximum Gasteiger partial charge on any atom is 0.407 e. The van der Waals surface area contributed by atoms with Gasteiger partial charge in [0.1, 0.15) is 12.6 Å². The molecule has 2 amide bonds. The summed E-state index contributed by atoms with van der Waals surface area (Å²) in [6, 6.07) is 15.6. The second-order valence-electron chi connectivity index (χ2n) is 10.5. The molecule has 0 radical (unpaired) electrons. The number of ether oxygens (including phenoxy) is 1. The molecular formula is C28H32N2O5. The van der Waals surface area contributed by atoms with Crippen LogP contribution in [-0.4, -0.2) is 53.7 Å². The highest BCUT2D eigenvalue weighted by Crippen LogP contribution is 2.44. The summed E-state index contributed by atoms with van der Waals surface area (Å²) in [6.45, 7) is 4.25. The quantitative estimate of drug-likeness (QED) is 0.649. The monoisotopic (exact) mass is 476 g/mol. The third-order valence-electron chi connectivity index (χ3n) is 8.41. The van der Waals surface area contributed by atoms with Crippen molar-refractivity contribution in [3.8, 4) is 11.1 Å². The molecule has 1 aliphatic heterocycles. The van der Waals surface area contributed by atoms with Crippen molar-refractivity contribution in [2.45, 2.75) is 45.1 Å². The molecule has 1 unspecified atom stereocenters. The van der Waals surface area contributed by atoms with E-state index in [9.17, 15) is 19.5 Å². The molecule has 1 saturated carbocycles. The van der Waals surface area contributed by atoms with E-state index in [0.29, 0.717) is 6.54 Å². The van der Waals surface area contributed by atoms with Crippen LogP contribution in [0.4, 0.5) is 4.79 Å². The lowest BCUT2D eigenvalue weighted by Gasteiger charge is -2.35. The molecule has 1 saturated heterocycles. The van der Waals surface area contributed by atoms with E-state index in [2.05, 4.69) is 29.6 Å². The van der Waals surface area contributed by atoms with E-state index < -0.39 is 23.5 Å². The number of nitrogens with one attached hydrogen (secondary N) is 1. The molecule has 0 bridgehead atoms. The number of nitrogens with zero attached hydrogens (tertiary/aromatic N) is 1. The molecule has 3 aliphatic rings. The summed E-state index contributed by atoms with van der Waals surface area (Å²) < 4.78 is 5.69. The topological polar surface area (TPSA) is 95.9 Å². The van der Waals surface area contributed by atoms with Crippen molar-refractivity contribution in [3.63, 3.8) is 0 Å². The van der Waals surface area contributed by atoms with Crippen LogP contribution >= 0.6 is 0 Å². The Kier molecular flexibility index (Phi) is 6.03. The van der Waals surface area contributed by atoms with Crippen molar-refractivity contribution < 1.29 is 24.2 Å². The molecule has 7 nitrogen and oxygen atoms in total. The Hall–Kier alpha value is -3.35. The zero-order chi connectivity index (χ0) is 24.7. The number of rotatable bonds is 6. The third-order valence-corrected chi connectivity index (χ3v) is 8.41. The van der Waals surface area contributed by atoms with Gasteiger partial charge in [-0.15, -0.1) is 0 Å². The van der Waals surface area contributed by atoms with Gasteiger partial charge in [-0.1, -0.05) is 61.9 Å². The third kappa shape index (κ3) is 4.07. The highest BCUT2D eigenvalue weighted by Gasteiger charge is 2.50. The Bertz CT molecular complexity index is 1110. The molecule has 2 aromatic rings. The number of likely N-dealkylation sites (tertiary alicyclic amines) is 1. The number of aliphatic carboxylic acids is 1. The van der Waals surface area contributed by atoms with Crippen LogP contribution in [0.3, 0.4) is 0 Å². The number of hydrogen-bond acceptors (Lipinski definition) is 4. The van der Waals surface area contributed by atoms with Crippen molar-refractivity contribution in [3.05, 3.63) is 59.7 Å². The van der Waals surface area contributed by atoms with Crippen LogP contribution in [0.25, 0.3) is 11.1 Å². The predicted octanol–water partition coefficient (Wildman–Crippen LogP) is 4.26. The summed E-state index contributed by atoms with van der Waals surface area (Å²) in [7, 11) is 0. The van der Waals surface area contributed by atoms with Gasteiger partial charge in [-0.3, -0.25) is 9.59 Å². The van der Waals surface area contributed by atoms with Gasteiger partial charge < -0.3 is 20.1 Å². The average molecular weight is 477 g/mol. The summed E-state index contributed by atoms with van der Waals surface area (Å²) in [6.07, 6.45) is 2.13. The molecule has 3 atom stereocenters. The number of amides is 2. The van der Waals surface area contributed by atoms with E-state index in [1.807, 2.05) is 31.2 Å². The number of carboxylic acid groups (broad SMARTS) is 1. The van der Waals surface area contributed by atoms with Crippen LogP contribution in [0.2, 0.25) is 0 Å². The normalized spacial score (nSPS) is 24.3. The highest BCUT2D eigenvalue weighted by atomic mass is 16.5. The van der Waals surface area contributed by atoms with E-state index in [1.54, 1.807) is 11.8 Å². The van der Waals surface area contributed by atoms with Gasteiger partial charge in [-0.25, -0.2) is 4.79 Å². The number of carboxylic acids is 1. The van der Waals surface area contributed by atoms with Crippen LogP contribution in [-0.2, 0) is 14.3 Å². The number of benzene rings is 2. The molecule has 2 aromatic carbocycles. The molecule has 2 fully saturated rings. The van der Waals surface area contributed by atoms with Gasteiger partial charge in [0, 0.05) is 19.0 Å². The average Bonchev–Trinajstić information content (AvgIpc) is 3.30. The van der Waals surface area contributed by atoms with Gasteiger partial charge in [-0.05, 0) is 53.9 Å². The first-order chi connectivity index (χ1) is 16.8. The van der Waals surface area contributed by atoms with E-state index in [-0.39, 0.29) is 36.8 Å². The van der Waals surface area contributed by atoms with Crippen molar-refractivity contribution >= 4 is 18.0 Å². The van der Waals surface area contributed by atoms with Crippen LogP contribution in [0, 0.1) is 17.3 Å². The van der Waals surface area contributed by atoms with Gasteiger partial charge in [0.25, 0.3) is 0 Å². The fraction of sp³-hybridized carbons (Fsp3) is 0.464. The molecule has 184 valence electrons. The van der Waals surface area contributed by atoms with Gasteiger partial charge in [0.15, 0.2) is 0 Å². The summed E-state index contributed by atoms with van der Waals surface area (Å²) >= 11 is 0. The van der Waals surface area contributed by atoms with Gasteiger partial charge >= 0.3 is 12.1 Å². The number of carbonyl (C=O) groups excluding carboxylic acids is 2. The smallest absolute Gasteiger partial charge is 0.407 e. The molecule has 2 N–H and O–H groups in total. The first-order valence-electron chi connectivity index (χ1n) is 12.4. The van der Waals surface area contributed by atoms with E-state index in [0.717, 1.165) is 41.5 Å². The molecule has 7 heteroatoms. The van der Waals surface area contributed by atoms with Crippen molar-refractivity contribution in [2.24, 2.45) is 17.3 Å². The van der Waals surface area contributed by atoms with Gasteiger partial charge in [0.05, 0.1) is 5.41 Å². The van der Waals surface area contributed by atoms with Crippen LogP contribution in [0.15, 0.2) is 48.5 Å². The standard InChI is InChI=1S/C28H32N2O5/c1-17-14-30(16-28(17,2)26(32)33)25(31)24(18-8-7-9-18)29-27(34)35-15-23-21-12-5-3-10-19(21)20-11-4-6-13-22(20)23/h3-6,10-13,17-18,23-24H,7-9,14-16H2,1-2H3,(H,29,34)(H,32,33)/t17-,24?,28-/m0/s1. The maximum atomic E-state index is 13.4. The lowest BCUT2D eigenvalue weighted by atomic mass is 9.79. The number of fused-ring (bicyclic) bond motifs is 3. The maximum absolute atomic E-state index is 13.4. The molecule has 5 rings (SSSR count). The number of carbonyl (C=O) groups is 3. The highest BCUT2D eigenvalue weighted by molar-refractivity contribution is 5.88. The Balaban J connectivity index is 1.27. The van der Waals surface area contributed by atoms with Crippen molar-refractivity contribution in [2.75, 3.05) is 19.7 Å². The Morgan fingerprint density at radius 3 is 2.20 bits per heavy atom. The van der Waals surface area contributed by atoms with Crippen LogP contribution < -0.4 is 5.32 Å². The van der Waals surface area contributed by atoms with Crippen molar-refractivity contribution in [1.82, 2.24) is 10.2 Å². The minimum atomic E-state index is -0.983. The second kappa shape index (κ2) is 9.02. The summed E-state index contributed by atoms with van der Waals surface area (Å²) in [5.41, 5.74) is 3.59. The minimum Gasteiger partial charge on any atom is -0.481 e. The number of hydrogen-bond donors (Lipinski definition) is 2. The lowest BCUT2D eigenvalue weighted by Crippen LogP contribution is -2.54. The van der Waals surface area contributed by atoms with Crippen LogP contribution in [0.1, 0.15) is 50.2 Å². The molecule has 0 aromatic heterocycles. The Morgan fingerprint density at radius 1 is 1.09 bits per heavy atom. The van der Waals surface area contributed by atoms with E-state index in [1.165, 1.54) is 0 Å². The zero-order valence-electron chi connectivity index (χ0n) is 20.2. The van der Waals surface area contributed by atoms with Gasteiger partial charge in [-0.2, -0.15) is 0 Å². The molecule has 2 aliphatic carbocycles. The van der Waals surface area contributed by atoms with E-state index in [4.69, 9.17) is 4.74 Å². The SMILES string of the molecule is C[C@H]1CN(C(=O)C(NC(=O)OCC2c3ccccc3-c3ccccc32)C2CCC2)C[C@]1(C)C(=O)O. The fourth-order valence-corrected chi connectivity index (χ4v) is 5.71. The lowest BCUT2D eigenvalue weighted by molar-refractivity contribution is -0.149. The summed E-state index contributed by atoms with van der Waals surface area (Å²) in [5.74, 6) is -1.28. The zero-order valence-corrected chi connectivity index (χ0v) is 20.2. The minimum absolute atomic E-state index is 0.0509. The van der Waals surface area contributed by atoms with Crippen molar-refractivity contribution in [1.29, 1.82) is 0 Å². The molecular weight excluding hydrogens is 444 g/mol. The summed E-state index contributed by atoms with van der Waals surface area (Å²) in [4.78, 5) is 39.7. The Morgan fingerprint density at radius 2 is 1.69 bits per heavy atom. The molecule has 35 heavy (non-hydrogen) atoms. The van der Waals surface area contributed by atoms with E-state index >= 15 is 0 Å². The molecule has 0 spiro atoms. The first kappa shape index (κ1) is 23.4. The first-order valence-corrected chi connectivity index (χ1v) is 12.4. The number of alkyl carbamates (subject to hydrolysis) is 1. The largest absolute Gasteiger partial charge is 0.481 e. The molecule has 1 heterocycles. The van der Waals surface area contributed by atoms with Gasteiger partial charge in [0.2, 0.25) is 5.91 Å². The summed E-state index contributed by atoms with van der Waals surface area (Å²) in [5, 5.41) is 12.5. The fourth-order valence-electron chi connectivity index (χ4n) is 5.71. The second-order valence-corrected chi connectivity index (χ2v) is 10.5.